The number of aromatic nitrogens is 1. The number of carbonyl (C=O) groups excluding carboxylic acids is 3. The monoisotopic (exact) mass is 572 g/mol. The Hall–Kier alpha value is -4.69. The van der Waals surface area contributed by atoms with E-state index in [0.29, 0.717) is 17.9 Å². The van der Waals surface area contributed by atoms with Crippen molar-refractivity contribution < 1.29 is 42.1 Å². The first-order valence-electron chi connectivity index (χ1n) is 11.9. The first-order chi connectivity index (χ1) is 19.2. The molecule has 4 N–H and O–H groups in total. The molecule has 0 fully saturated rings. The number of hydrogen-bond acceptors (Lipinski definition) is 10. The Bertz CT molecular complexity index is 1460. The van der Waals surface area contributed by atoms with E-state index in [9.17, 15) is 22.8 Å². The van der Waals surface area contributed by atoms with E-state index in [1.807, 2.05) is 10.8 Å². The number of rotatable bonds is 12. The number of nitrogens with zero attached hydrogens (tertiary/aromatic N) is 1. The molecule has 0 bridgehead atoms. The molecule has 13 nitrogen and oxygen atoms in total. The molecule has 3 amide bonds. The molecule has 3 rings (SSSR count). The van der Waals surface area contributed by atoms with Gasteiger partial charge >= 0.3 is 6.09 Å². The van der Waals surface area contributed by atoms with E-state index in [2.05, 4.69) is 15.6 Å². The van der Waals surface area contributed by atoms with Crippen molar-refractivity contribution in [3.05, 3.63) is 77.5 Å². The van der Waals surface area contributed by atoms with Gasteiger partial charge in [-0.1, -0.05) is 12.1 Å². The summed E-state index contributed by atoms with van der Waals surface area (Å²) >= 11 is 0. The molecule has 0 saturated heterocycles. The van der Waals surface area contributed by atoms with Gasteiger partial charge in [-0.3, -0.25) is 9.59 Å². The summed E-state index contributed by atoms with van der Waals surface area (Å²) in [7, 11) is -1.27. The second-order valence-corrected chi connectivity index (χ2v) is 9.77. The number of hydrogen-bond donors (Lipinski definition) is 4. The fraction of sp³-hybridized carbons (Fsp3) is 0.231. The number of carbonyl (C=O) groups is 3. The van der Waals surface area contributed by atoms with Gasteiger partial charge in [0.25, 0.3) is 21.8 Å². The Morgan fingerprint density at radius 2 is 1.65 bits per heavy atom. The summed E-state index contributed by atoms with van der Waals surface area (Å²) in [6.07, 6.45) is 0.666. The number of benzene rings is 2. The summed E-state index contributed by atoms with van der Waals surface area (Å²) in [4.78, 5) is 40.2. The molecular formula is C26H28N4O9S. The smallest absolute Gasteiger partial charge is 0.414 e. The summed E-state index contributed by atoms with van der Waals surface area (Å²) in [6.45, 7) is -0.0124. The van der Waals surface area contributed by atoms with Crippen LogP contribution in [0.3, 0.4) is 0 Å². The van der Waals surface area contributed by atoms with Crippen LogP contribution in [-0.2, 0) is 16.4 Å². The van der Waals surface area contributed by atoms with Gasteiger partial charge in [0.2, 0.25) is 5.88 Å². The molecule has 0 aliphatic carbocycles. The van der Waals surface area contributed by atoms with Crippen LogP contribution in [0, 0.1) is 0 Å². The second-order valence-electron chi connectivity index (χ2n) is 8.08. The molecule has 0 unspecified atom stereocenters. The lowest BCUT2D eigenvalue weighted by Crippen LogP contribution is -2.31. The van der Waals surface area contributed by atoms with Gasteiger partial charge in [-0.25, -0.2) is 22.9 Å². The largest absolute Gasteiger partial charge is 0.493 e. The van der Waals surface area contributed by atoms with Crippen molar-refractivity contribution in [3.63, 3.8) is 0 Å². The number of ether oxygens (including phenoxy) is 3. The maximum atomic E-state index is 12.8. The lowest BCUT2D eigenvalue weighted by molar-refractivity contribution is 0.0952. The average molecular weight is 573 g/mol. The number of amides is 3. The average Bonchev–Trinajstić information content (AvgIpc) is 2.96. The van der Waals surface area contributed by atoms with E-state index in [1.54, 1.807) is 12.1 Å². The lowest BCUT2D eigenvalue weighted by Gasteiger charge is -2.11. The quantitative estimate of drug-likeness (QED) is 0.247. The van der Waals surface area contributed by atoms with Crippen LogP contribution in [0.25, 0.3) is 0 Å². The SMILES string of the molecule is COc1ccc(CCNC(=O)c2cccc(S(=O)(=O)NC(=O)c3ccc(OC(=O)NCCO)nc3)c2)cc1OC. The van der Waals surface area contributed by atoms with Crippen LogP contribution in [0.2, 0.25) is 0 Å². The number of aliphatic hydroxyl groups is 1. The Balaban J connectivity index is 1.59. The third-order valence-corrected chi connectivity index (χ3v) is 6.69. The Morgan fingerprint density at radius 3 is 2.33 bits per heavy atom. The molecule has 0 aliphatic rings. The van der Waals surface area contributed by atoms with Crippen molar-refractivity contribution in [1.29, 1.82) is 0 Å². The molecule has 1 aromatic heterocycles. The summed E-state index contributed by atoms with van der Waals surface area (Å²) < 4.78 is 42.9. The second kappa shape index (κ2) is 13.9. The molecule has 2 aromatic carbocycles. The minimum Gasteiger partial charge on any atom is -0.493 e. The molecule has 14 heteroatoms. The van der Waals surface area contributed by atoms with Gasteiger partial charge in [0.15, 0.2) is 11.5 Å². The molecule has 0 spiro atoms. The van der Waals surface area contributed by atoms with E-state index in [4.69, 9.17) is 19.3 Å². The van der Waals surface area contributed by atoms with E-state index in [1.165, 1.54) is 44.6 Å². The van der Waals surface area contributed by atoms with E-state index < -0.39 is 27.9 Å². The highest BCUT2D eigenvalue weighted by molar-refractivity contribution is 7.90. The van der Waals surface area contributed by atoms with E-state index in [-0.39, 0.29) is 41.6 Å². The topological polar surface area (TPSA) is 182 Å². The molecule has 3 aromatic rings. The lowest BCUT2D eigenvalue weighted by atomic mass is 10.1. The van der Waals surface area contributed by atoms with Gasteiger partial charge in [-0.15, -0.1) is 0 Å². The highest BCUT2D eigenvalue weighted by atomic mass is 32.2. The van der Waals surface area contributed by atoms with Crippen molar-refractivity contribution in [1.82, 2.24) is 20.3 Å². The zero-order valence-electron chi connectivity index (χ0n) is 21.7. The predicted octanol–water partition coefficient (Wildman–Crippen LogP) is 1.27. The van der Waals surface area contributed by atoms with Crippen molar-refractivity contribution in [2.45, 2.75) is 11.3 Å². The Morgan fingerprint density at radius 1 is 0.875 bits per heavy atom. The highest BCUT2D eigenvalue weighted by Crippen LogP contribution is 2.27. The van der Waals surface area contributed by atoms with Crippen LogP contribution in [0.15, 0.2) is 65.7 Å². The number of methoxy groups -OCH3 is 2. The van der Waals surface area contributed by atoms with Gasteiger partial charge in [0.1, 0.15) is 0 Å². The maximum absolute atomic E-state index is 12.8. The zero-order valence-corrected chi connectivity index (χ0v) is 22.5. The summed E-state index contributed by atoms with van der Waals surface area (Å²) in [6, 6.07) is 13.1. The van der Waals surface area contributed by atoms with Gasteiger partial charge in [-0.2, -0.15) is 0 Å². The van der Waals surface area contributed by atoms with Crippen LogP contribution < -0.4 is 29.6 Å². The van der Waals surface area contributed by atoms with E-state index >= 15 is 0 Å². The molecule has 0 saturated carbocycles. The van der Waals surface area contributed by atoms with Crippen molar-refractivity contribution in [3.8, 4) is 17.4 Å². The maximum Gasteiger partial charge on any atom is 0.414 e. The van der Waals surface area contributed by atoms with Gasteiger partial charge in [-0.05, 0) is 48.4 Å². The highest BCUT2D eigenvalue weighted by Gasteiger charge is 2.21. The van der Waals surface area contributed by atoms with Crippen LogP contribution in [-0.4, -0.2) is 70.3 Å². The number of aliphatic hydroxyl groups excluding tert-OH is 1. The van der Waals surface area contributed by atoms with Gasteiger partial charge in [0, 0.05) is 30.9 Å². The summed E-state index contributed by atoms with van der Waals surface area (Å²) in [5.41, 5.74) is 0.872. The minimum atomic E-state index is -4.33. The zero-order chi connectivity index (χ0) is 29.1. The molecule has 0 radical (unpaired) electrons. The number of sulfonamides is 1. The molecule has 0 aliphatic heterocycles. The molecule has 40 heavy (non-hydrogen) atoms. The first kappa shape index (κ1) is 29.9. The van der Waals surface area contributed by atoms with Gasteiger partial charge < -0.3 is 30.0 Å². The van der Waals surface area contributed by atoms with Crippen molar-refractivity contribution >= 4 is 27.9 Å². The Kier molecular flexibility index (Phi) is 10.4. The number of nitrogens with one attached hydrogen (secondary N) is 3. The summed E-state index contributed by atoms with van der Waals surface area (Å²) in [5, 5.41) is 13.7. The molecular weight excluding hydrogens is 544 g/mol. The van der Waals surface area contributed by atoms with Crippen LogP contribution in [0.1, 0.15) is 26.3 Å². The van der Waals surface area contributed by atoms with Crippen LogP contribution in [0.5, 0.6) is 17.4 Å². The third-order valence-electron chi connectivity index (χ3n) is 5.36. The fourth-order valence-corrected chi connectivity index (χ4v) is 4.39. The van der Waals surface area contributed by atoms with Crippen LogP contribution >= 0.6 is 0 Å². The minimum absolute atomic E-state index is 0.0145. The fourth-order valence-electron chi connectivity index (χ4n) is 3.37. The predicted molar refractivity (Wildman–Crippen MR) is 142 cm³/mol. The van der Waals surface area contributed by atoms with Gasteiger partial charge in [0.05, 0.1) is 31.3 Å². The number of pyridine rings is 1. The summed E-state index contributed by atoms with van der Waals surface area (Å²) in [5.74, 6) is -0.463. The molecule has 212 valence electrons. The first-order valence-corrected chi connectivity index (χ1v) is 13.3. The van der Waals surface area contributed by atoms with Crippen molar-refractivity contribution in [2.75, 3.05) is 33.9 Å². The molecule has 0 atom stereocenters. The molecule has 1 heterocycles. The van der Waals surface area contributed by atoms with Crippen LogP contribution in [0.4, 0.5) is 4.79 Å². The van der Waals surface area contributed by atoms with Crippen molar-refractivity contribution in [2.24, 2.45) is 0 Å². The van der Waals surface area contributed by atoms with E-state index in [0.717, 1.165) is 17.8 Å². The standard InChI is InChI=1S/C26H28N4O9S/c1-37-21-8-6-17(14-22(21)38-2)10-11-27-24(32)18-4-3-5-20(15-18)40(35,36)30-25(33)19-7-9-23(29-16-19)39-26(34)28-12-13-31/h3-9,14-16,31H,10-13H2,1-2H3,(H,27,32)(H,28,34)(H,30,33). The third kappa shape index (κ3) is 8.15. The normalized spacial score (nSPS) is 10.8. The Labute approximate surface area is 230 Å².